The van der Waals surface area contributed by atoms with E-state index in [4.69, 9.17) is 4.74 Å². The maximum atomic E-state index is 13.8. The number of fused-ring (bicyclic) bond motifs is 1. The van der Waals surface area contributed by atoms with Crippen LogP contribution in [0.4, 0.5) is 14.5 Å². The fraction of sp³-hybridized carbons (Fsp3) is 0.375. The highest BCUT2D eigenvalue weighted by Gasteiger charge is 2.36. The highest BCUT2D eigenvalue weighted by atomic mass is 19.1. The summed E-state index contributed by atoms with van der Waals surface area (Å²) in [5.74, 6) is -1.20. The number of hydrogen-bond donors (Lipinski definition) is 1. The molecule has 0 aromatic heterocycles. The molecule has 0 bridgehead atoms. The van der Waals surface area contributed by atoms with Gasteiger partial charge in [-0.2, -0.15) is 0 Å². The number of carbonyl (C=O) groups excluding carboxylic acids is 1. The monoisotopic (exact) mass is 412 g/mol. The van der Waals surface area contributed by atoms with Crippen molar-refractivity contribution >= 4 is 17.7 Å². The van der Waals surface area contributed by atoms with E-state index < -0.39 is 23.1 Å². The van der Waals surface area contributed by atoms with Crippen LogP contribution in [0.2, 0.25) is 0 Å². The van der Waals surface area contributed by atoms with Gasteiger partial charge in [-0.15, -0.1) is 0 Å². The Morgan fingerprint density at radius 3 is 2.53 bits per heavy atom. The molecule has 1 fully saturated rings. The molecule has 0 atom stereocenters. The van der Waals surface area contributed by atoms with E-state index in [1.165, 1.54) is 6.07 Å². The van der Waals surface area contributed by atoms with Crippen molar-refractivity contribution in [1.29, 1.82) is 0 Å². The molecule has 0 saturated carbocycles. The van der Waals surface area contributed by atoms with Crippen LogP contribution in [0.25, 0.3) is 6.08 Å². The minimum atomic E-state index is -0.889. The van der Waals surface area contributed by atoms with Crippen LogP contribution < -0.4 is 10.1 Å². The van der Waals surface area contributed by atoms with Gasteiger partial charge in [0.15, 0.2) is 0 Å². The summed E-state index contributed by atoms with van der Waals surface area (Å²) >= 11 is 0. The number of nitrogens with zero attached hydrogens (tertiary/aromatic N) is 1. The van der Waals surface area contributed by atoms with Gasteiger partial charge in [0.25, 0.3) is 5.91 Å². The van der Waals surface area contributed by atoms with Gasteiger partial charge in [0, 0.05) is 43.7 Å². The number of piperidine rings is 1. The SMILES string of the molecule is CC(C)CN1CCC2(C=Cc3cc(NC(=O)c4c(F)cccc4F)ccc3O2)CC1. The van der Waals surface area contributed by atoms with Gasteiger partial charge in [0.1, 0.15) is 28.5 Å². The number of hydrogen-bond acceptors (Lipinski definition) is 3. The van der Waals surface area contributed by atoms with Crippen molar-refractivity contribution < 1.29 is 18.3 Å². The molecular formula is C24H26F2N2O2. The summed E-state index contributed by atoms with van der Waals surface area (Å²) in [6, 6.07) is 8.60. The van der Waals surface area contributed by atoms with Crippen LogP contribution in [-0.2, 0) is 0 Å². The molecule has 2 aromatic rings. The molecule has 2 aliphatic heterocycles. The largest absolute Gasteiger partial charge is 0.482 e. The van der Waals surface area contributed by atoms with E-state index in [-0.39, 0.29) is 5.60 Å². The summed E-state index contributed by atoms with van der Waals surface area (Å²) < 4.78 is 34.0. The predicted octanol–water partition coefficient (Wildman–Crippen LogP) is 5.11. The molecule has 30 heavy (non-hydrogen) atoms. The third-order valence-corrected chi connectivity index (χ3v) is 5.66. The van der Waals surface area contributed by atoms with E-state index in [1.54, 1.807) is 18.2 Å². The van der Waals surface area contributed by atoms with Crippen LogP contribution in [-0.4, -0.2) is 36.0 Å². The van der Waals surface area contributed by atoms with Gasteiger partial charge in [-0.1, -0.05) is 26.0 Å². The lowest BCUT2D eigenvalue weighted by Crippen LogP contribution is -2.48. The highest BCUT2D eigenvalue weighted by molar-refractivity contribution is 6.04. The van der Waals surface area contributed by atoms with Gasteiger partial charge >= 0.3 is 0 Å². The van der Waals surface area contributed by atoms with Crippen LogP contribution in [0.1, 0.15) is 42.6 Å². The van der Waals surface area contributed by atoms with Crippen molar-refractivity contribution in [2.75, 3.05) is 25.0 Å². The van der Waals surface area contributed by atoms with Crippen molar-refractivity contribution in [3.05, 3.63) is 65.2 Å². The van der Waals surface area contributed by atoms with Gasteiger partial charge in [0.2, 0.25) is 0 Å². The molecule has 4 rings (SSSR count). The summed E-state index contributed by atoms with van der Waals surface area (Å²) in [7, 11) is 0. The van der Waals surface area contributed by atoms with E-state index in [0.29, 0.717) is 11.6 Å². The number of nitrogens with one attached hydrogen (secondary N) is 1. The average Bonchev–Trinajstić information content (AvgIpc) is 2.70. The molecule has 1 amide bonds. The van der Waals surface area contributed by atoms with Crippen LogP contribution in [0.15, 0.2) is 42.5 Å². The van der Waals surface area contributed by atoms with Gasteiger partial charge in [-0.25, -0.2) is 8.78 Å². The highest BCUT2D eigenvalue weighted by Crippen LogP contribution is 2.38. The number of amides is 1. The molecule has 0 radical (unpaired) electrons. The zero-order valence-electron chi connectivity index (χ0n) is 17.3. The Kier molecular flexibility index (Phi) is 5.60. The third kappa shape index (κ3) is 4.24. The lowest BCUT2D eigenvalue weighted by Gasteiger charge is -2.42. The molecule has 0 unspecified atom stereocenters. The second kappa shape index (κ2) is 8.19. The fourth-order valence-electron chi connectivity index (χ4n) is 4.15. The van der Waals surface area contributed by atoms with Crippen molar-refractivity contribution in [3.63, 3.8) is 0 Å². The third-order valence-electron chi connectivity index (χ3n) is 5.66. The summed E-state index contributed by atoms with van der Waals surface area (Å²) in [5.41, 5.74) is 0.408. The summed E-state index contributed by atoms with van der Waals surface area (Å²) in [5, 5.41) is 2.57. The Balaban J connectivity index is 1.45. The van der Waals surface area contributed by atoms with Crippen LogP contribution >= 0.6 is 0 Å². The summed E-state index contributed by atoms with van der Waals surface area (Å²) in [6.07, 6.45) is 5.97. The first kappa shape index (κ1) is 20.5. The van der Waals surface area contributed by atoms with Gasteiger partial charge < -0.3 is 15.0 Å². The molecule has 2 heterocycles. The first-order valence-electron chi connectivity index (χ1n) is 10.4. The Bertz CT molecular complexity index is 959. The number of anilines is 1. The molecule has 1 saturated heterocycles. The van der Waals surface area contributed by atoms with Crippen LogP contribution in [0.3, 0.4) is 0 Å². The maximum Gasteiger partial charge on any atom is 0.261 e. The normalized spacial score (nSPS) is 17.6. The quantitative estimate of drug-likeness (QED) is 0.759. The number of ether oxygens (including phenoxy) is 1. The standard InChI is InChI=1S/C24H26F2N2O2/c1-16(2)15-28-12-10-24(11-13-28)9-8-17-14-18(6-7-21(17)30-24)27-23(29)22-19(25)4-3-5-20(22)26/h3-9,14,16H,10-13,15H2,1-2H3,(H,27,29). The van der Waals surface area contributed by atoms with E-state index in [0.717, 1.165) is 55.9 Å². The van der Waals surface area contributed by atoms with Gasteiger partial charge in [-0.05, 0) is 42.3 Å². The molecule has 2 aliphatic rings. The molecule has 4 nitrogen and oxygen atoms in total. The van der Waals surface area contributed by atoms with E-state index in [9.17, 15) is 13.6 Å². The Hall–Kier alpha value is -2.73. The number of halogens is 2. The first-order chi connectivity index (χ1) is 14.3. The summed E-state index contributed by atoms with van der Waals surface area (Å²) in [4.78, 5) is 14.8. The van der Waals surface area contributed by atoms with Crippen molar-refractivity contribution in [2.24, 2.45) is 5.92 Å². The zero-order chi connectivity index (χ0) is 21.3. The predicted molar refractivity (Wildman–Crippen MR) is 114 cm³/mol. The van der Waals surface area contributed by atoms with Crippen molar-refractivity contribution in [1.82, 2.24) is 4.90 Å². The Labute approximate surface area is 175 Å². The molecule has 6 heteroatoms. The molecule has 1 spiro atoms. The van der Waals surface area contributed by atoms with E-state index in [2.05, 4.69) is 30.1 Å². The number of benzene rings is 2. The van der Waals surface area contributed by atoms with Crippen molar-refractivity contribution in [2.45, 2.75) is 32.3 Å². The molecule has 0 aliphatic carbocycles. The van der Waals surface area contributed by atoms with Gasteiger partial charge in [-0.3, -0.25) is 4.79 Å². The minimum absolute atomic E-state index is 0.290. The topological polar surface area (TPSA) is 41.6 Å². The second-order valence-electron chi connectivity index (χ2n) is 8.50. The number of carbonyl (C=O) groups is 1. The van der Waals surface area contributed by atoms with Crippen LogP contribution in [0.5, 0.6) is 5.75 Å². The molecule has 2 aromatic carbocycles. The number of rotatable bonds is 4. The lowest BCUT2D eigenvalue weighted by molar-refractivity contribution is 0.0351. The molecule has 1 N–H and O–H groups in total. The number of likely N-dealkylation sites (tertiary alicyclic amines) is 1. The average molecular weight is 412 g/mol. The maximum absolute atomic E-state index is 13.8. The van der Waals surface area contributed by atoms with Crippen LogP contribution in [0, 0.1) is 17.6 Å². The lowest BCUT2D eigenvalue weighted by atomic mass is 9.87. The minimum Gasteiger partial charge on any atom is -0.482 e. The summed E-state index contributed by atoms with van der Waals surface area (Å²) in [6.45, 7) is 7.56. The second-order valence-corrected chi connectivity index (χ2v) is 8.50. The zero-order valence-corrected chi connectivity index (χ0v) is 17.3. The molecule has 158 valence electrons. The van der Waals surface area contributed by atoms with Gasteiger partial charge in [0.05, 0.1) is 0 Å². The Morgan fingerprint density at radius 2 is 1.87 bits per heavy atom. The smallest absolute Gasteiger partial charge is 0.261 e. The first-order valence-corrected chi connectivity index (χ1v) is 10.4. The Morgan fingerprint density at radius 1 is 1.17 bits per heavy atom. The van der Waals surface area contributed by atoms with Crippen molar-refractivity contribution in [3.8, 4) is 5.75 Å². The molecular weight excluding hydrogens is 386 g/mol. The fourth-order valence-corrected chi connectivity index (χ4v) is 4.15. The van der Waals surface area contributed by atoms with E-state index >= 15 is 0 Å². The van der Waals surface area contributed by atoms with E-state index in [1.807, 2.05) is 6.08 Å².